The number of anilines is 3. The first-order valence-corrected chi connectivity index (χ1v) is 16.1. The Labute approximate surface area is 277 Å². The molecule has 0 N–H and O–H groups in total. The Morgan fingerprint density at radius 3 is 1.89 bits per heavy atom. The number of hydrogen-bond donors (Lipinski definition) is 0. The minimum Gasteiger partial charge on any atom is -0.464 e. The van der Waals surface area contributed by atoms with Crippen LogP contribution in [-0.4, -0.2) is 0 Å². The highest BCUT2D eigenvalue weighted by Gasteiger charge is 2.36. The van der Waals surface area contributed by atoms with E-state index < -0.39 is 0 Å². The Kier molecular flexibility index (Phi) is 7.00. The Morgan fingerprint density at radius 2 is 1.13 bits per heavy atom. The Hall–Kier alpha value is -5.86. The summed E-state index contributed by atoms with van der Waals surface area (Å²) in [6.07, 6.45) is 7.59. The van der Waals surface area contributed by atoms with Gasteiger partial charge in [0, 0.05) is 33.6 Å². The van der Waals surface area contributed by atoms with Gasteiger partial charge in [-0.15, -0.1) is 0 Å². The molecule has 0 bridgehead atoms. The van der Waals surface area contributed by atoms with Crippen LogP contribution in [0.3, 0.4) is 0 Å². The van der Waals surface area contributed by atoms with Crippen LogP contribution in [0.15, 0.2) is 171 Å². The smallest absolute Gasteiger partial charge is 0.142 e. The summed E-state index contributed by atoms with van der Waals surface area (Å²) >= 11 is 0. The zero-order valence-corrected chi connectivity index (χ0v) is 26.7. The van der Waals surface area contributed by atoms with Crippen molar-refractivity contribution in [3.63, 3.8) is 0 Å². The van der Waals surface area contributed by atoms with E-state index >= 15 is 0 Å². The van der Waals surface area contributed by atoms with E-state index in [-0.39, 0.29) is 5.41 Å². The fourth-order valence-corrected chi connectivity index (χ4v) is 7.05. The van der Waals surface area contributed by atoms with Gasteiger partial charge in [0.1, 0.15) is 5.75 Å². The molecule has 6 aromatic carbocycles. The molecule has 0 atom stereocenters. The molecule has 6 aromatic rings. The summed E-state index contributed by atoms with van der Waals surface area (Å²) in [5.74, 6) is 0.821. The maximum atomic E-state index is 6.12. The fourth-order valence-electron chi connectivity index (χ4n) is 7.05. The normalized spacial score (nSPS) is 15.3. The molecule has 0 unspecified atom stereocenters. The van der Waals surface area contributed by atoms with Crippen LogP contribution in [0.4, 0.5) is 17.1 Å². The third-order valence-corrected chi connectivity index (χ3v) is 9.51. The van der Waals surface area contributed by atoms with E-state index in [1.807, 2.05) is 18.2 Å². The van der Waals surface area contributed by atoms with Crippen molar-refractivity contribution < 1.29 is 4.74 Å². The highest BCUT2D eigenvalue weighted by Crippen LogP contribution is 2.51. The standard InChI is InChI=1S/C45H35NO/c1-31-13-10-11-28-47-44-38(31)18-12-19-39(44)33-20-23-36(24-21-33)46(35-16-8-5-9-17-35)37-25-27-41-40-26-22-34(32-14-6-4-7-15-32)29-42(40)45(2,3)43(41)30-37/h4-30H,1H2,2-3H3/b13-10-,28-11-. The molecule has 0 aromatic heterocycles. The monoisotopic (exact) mass is 605 g/mol. The SMILES string of the molecule is C=C1/C=C\C=C/Oc2c1cccc2-c1ccc(N(c2ccccc2)c2ccc3c(c2)C(C)(C)c2cc(-c4ccccc4)ccc2-3)cc1. The van der Waals surface area contributed by atoms with Crippen molar-refractivity contribution in [2.75, 3.05) is 4.90 Å². The van der Waals surface area contributed by atoms with Crippen molar-refractivity contribution >= 4 is 22.6 Å². The molecule has 2 nitrogen and oxygen atoms in total. The number of allylic oxidation sites excluding steroid dienone is 4. The first-order chi connectivity index (χ1) is 23.0. The van der Waals surface area contributed by atoms with Gasteiger partial charge in [-0.2, -0.15) is 0 Å². The number of fused-ring (bicyclic) bond motifs is 4. The maximum Gasteiger partial charge on any atom is 0.142 e. The van der Waals surface area contributed by atoms with Crippen LogP contribution in [-0.2, 0) is 5.41 Å². The lowest BCUT2D eigenvalue weighted by molar-refractivity contribution is 0.481. The number of hydrogen-bond acceptors (Lipinski definition) is 2. The van der Waals surface area contributed by atoms with Gasteiger partial charge in [-0.05, 0) is 93.1 Å². The summed E-state index contributed by atoms with van der Waals surface area (Å²) in [6.45, 7) is 8.96. The third kappa shape index (κ3) is 4.99. The molecular weight excluding hydrogens is 571 g/mol. The van der Waals surface area contributed by atoms with Crippen LogP contribution in [0.5, 0.6) is 5.75 Å². The average Bonchev–Trinajstić information content (AvgIpc) is 3.33. The van der Waals surface area contributed by atoms with E-state index in [0.717, 1.165) is 45.1 Å². The van der Waals surface area contributed by atoms with E-state index in [2.05, 4.69) is 165 Å². The Morgan fingerprint density at radius 1 is 0.511 bits per heavy atom. The number of benzene rings is 6. The molecule has 0 amide bonds. The highest BCUT2D eigenvalue weighted by molar-refractivity contribution is 5.88. The van der Waals surface area contributed by atoms with Gasteiger partial charge in [0.05, 0.1) is 6.26 Å². The van der Waals surface area contributed by atoms with Crippen molar-refractivity contribution in [1.29, 1.82) is 0 Å². The molecule has 0 saturated carbocycles. The van der Waals surface area contributed by atoms with Gasteiger partial charge in [-0.1, -0.05) is 130 Å². The molecule has 226 valence electrons. The number of rotatable bonds is 5. The van der Waals surface area contributed by atoms with Gasteiger partial charge in [0.15, 0.2) is 0 Å². The summed E-state index contributed by atoms with van der Waals surface area (Å²) in [5, 5.41) is 0. The van der Waals surface area contributed by atoms with Crippen molar-refractivity contribution in [2.24, 2.45) is 0 Å². The quantitative estimate of drug-likeness (QED) is 0.194. The number of ether oxygens (including phenoxy) is 1. The van der Waals surface area contributed by atoms with E-state index in [1.165, 1.54) is 33.4 Å². The van der Waals surface area contributed by atoms with Crippen LogP contribution < -0.4 is 9.64 Å². The summed E-state index contributed by atoms with van der Waals surface area (Å²) in [4.78, 5) is 2.35. The molecule has 47 heavy (non-hydrogen) atoms. The molecule has 1 aliphatic carbocycles. The van der Waals surface area contributed by atoms with Crippen LogP contribution in [0, 0.1) is 0 Å². The molecule has 1 aliphatic heterocycles. The van der Waals surface area contributed by atoms with Crippen molar-refractivity contribution in [1.82, 2.24) is 0 Å². The van der Waals surface area contributed by atoms with Gasteiger partial charge in [-0.3, -0.25) is 0 Å². The van der Waals surface area contributed by atoms with Gasteiger partial charge < -0.3 is 9.64 Å². The van der Waals surface area contributed by atoms with Gasteiger partial charge in [0.25, 0.3) is 0 Å². The molecule has 2 heteroatoms. The largest absolute Gasteiger partial charge is 0.464 e. The Bertz CT molecular complexity index is 2190. The van der Waals surface area contributed by atoms with E-state index in [1.54, 1.807) is 6.26 Å². The highest BCUT2D eigenvalue weighted by atomic mass is 16.5. The minimum absolute atomic E-state index is 0.144. The maximum absolute atomic E-state index is 6.12. The molecule has 2 aliphatic rings. The van der Waals surface area contributed by atoms with E-state index in [9.17, 15) is 0 Å². The van der Waals surface area contributed by atoms with Gasteiger partial charge in [-0.25, -0.2) is 0 Å². The first-order valence-electron chi connectivity index (χ1n) is 16.1. The minimum atomic E-state index is -0.144. The van der Waals surface area contributed by atoms with Crippen LogP contribution in [0.25, 0.3) is 39.0 Å². The predicted molar refractivity (Wildman–Crippen MR) is 198 cm³/mol. The third-order valence-electron chi connectivity index (χ3n) is 9.51. The summed E-state index contributed by atoms with van der Waals surface area (Å²) in [5.41, 5.74) is 15.1. The second-order valence-electron chi connectivity index (χ2n) is 12.7. The second-order valence-corrected chi connectivity index (χ2v) is 12.7. The zero-order chi connectivity index (χ0) is 32.0. The summed E-state index contributed by atoms with van der Waals surface area (Å²) in [7, 11) is 0. The summed E-state index contributed by atoms with van der Waals surface area (Å²) in [6, 6.07) is 50.2. The van der Waals surface area contributed by atoms with Crippen molar-refractivity contribution in [2.45, 2.75) is 19.3 Å². The Balaban J connectivity index is 1.19. The lowest BCUT2D eigenvalue weighted by Gasteiger charge is -2.28. The molecule has 0 fully saturated rings. The van der Waals surface area contributed by atoms with E-state index in [4.69, 9.17) is 4.74 Å². The molecule has 1 heterocycles. The number of nitrogens with zero attached hydrogens (tertiary/aromatic N) is 1. The van der Waals surface area contributed by atoms with Crippen LogP contribution in [0.2, 0.25) is 0 Å². The lowest BCUT2D eigenvalue weighted by Crippen LogP contribution is -2.16. The van der Waals surface area contributed by atoms with Gasteiger partial charge in [0.2, 0.25) is 0 Å². The molecule has 0 radical (unpaired) electrons. The molecular formula is C45H35NO. The fraction of sp³-hybridized carbons (Fsp3) is 0.0667. The van der Waals surface area contributed by atoms with Gasteiger partial charge >= 0.3 is 0 Å². The van der Waals surface area contributed by atoms with Crippen molar-refractivity contribution in [3.05, 3.63) is 187 Å². The lowest BCUT2D eigenvalue weighted by atomic mass is 9.81. The topological polar surface area (TPSA) is 12.5 Å². The predicted octanol–water partition coefficient (Wildman–Crippen LogP) is 12.3. The molecule has 0 spiro atoms. The second kappa shape index (κ2) is 11.5. The molecule has 8 rings (SSSR count). The number of para-hydroxylation sites is 2. The van der Waals surface area contributed by atoms with Crippen LogP contribution in [0.1, 0.15) is 30.5 Å². The van der Waals surface area contributed by atoms with E-state index in [0.29, 0.717) is 0 Å². The zero-order valence-electron chi connectivity index (χ0n) is 26.7. The molecule has 0 saturated heterocycles. The van der Waals surface area contributed by atoms with Crippen LogP contribution >= 0.6 is 0 Å². The van der Waals surface area contributed by atoms with Crippen molar-refractivity contribution in [3.8, 4) is 39.1 Å². The summed E-state index contributed by atoms with van der Waals surface area (Å²) < 4.78 is 6.12. The first kappa shape index (κ1) is 28.6. The average molecular weight is 606 g/mol.